The molecule has 6 heteroatoms. The zero-order valence-corrected chi connectivity index (χ0v) is 18.4. The van der Waals surface area contributed by atoms with Gasteiger partial charge in [0.25, 0.3) is 0 Å². The summed E-state index contributed by atoms with van der Waals surface area (Å²) < 4.78 is 11.1. The minimum Gasteiger partial charge on any atom is -0.490 e. The van der Waals surface area contributed by atoms with Gasteiger partial charge in [0.2, 0.25) is 0 Å². The number of para-hydroxylation sites is 1. The highest BCUT2D eigenvalue weighted by atomic mass is 16.5. The van der Waals surface area contributed by atoms with Gasteiger partial charge in [-0.1, -0.05) is 48.5 Å². The fourth-order valence-corrected chi connectivity index (χ4v) is 4.16. The highest BCUT2D eigenvalue weighted by molar-refractivity contribution is 5.96. The summed E-state index contributed by atoms with van der Waals surface area (Å²) in [6.07, 6.45) is -0.577. The van der Waals surface area contributed by atoms with E-state index in [1.807, 2.05) is 61.5 Å². The first-order valence-corrected chi connectivity index (χ1v) is 11.2. The molecule has 1 unspecified atom stereocenters. The molecule has 0 amide bonds. The van der Waals surface area contributed by atoms with Crippen molar-refractivity contribution in [2.24, 2.45) is 0 Å². The molecule has 6 nitrogen and oxygen atoms in total. The lowest BCUT2D eigenvalue weighted by atomic mass is 10.1. The maximum Gasteiger partial charge on any atom is 0.340 e. The summed E-state index contributed by atoms with van der Waals surface area (Å²) in [6, 6.07) is 21.6. The quantitative estimate of drug-likeness (QED) is 0.547. The van der Waals surface area contributed by atoms with Crippen molar-refractivity contribution < 1.29 is 19.4 Å². The summed E-state index contributed by atoms with van der Waals surface area (Å²) in [6.45, 7) is 6.16. The summed E-state index contributed by atoms with van der Waals surface area (Å²) in [7, 11) is 0. The van der Waals surface area contributed by atoms with Crippen molar-refractivity contribution in [1.82, 2.24) is 4.90 Å². The van der Waals surface area contributed by atoms with Crippen LogP contribution < -0.4 is 9.64 Å². The van der Waals surface area contributed by atoms with Crippen molar-refractivity contribution in [2.75, 3.05) is 50.8 Å². The fraction of sp³-hybridized carbons (Fsp3) is 0.346. The van der Waals surface area contributed by atoms with Gasteiger partial charge in [0.05, 0.1) is 17.9 Å². The Bertz CT molecular complexity index is 1040. The van der Waals surface area contributed by atoms with Crippen LogP contribution in [0.1, 0.15) is 17.3 Å². The van der Waals surface area contributed by atoms with Gasteiger partial charge in [-0.2, -0.15) is 0 Å². The number of anilines is 1. The van der Waals surface area contributed by atoms with Gasteiger partial charge in [0, 0.05) is 38.1 Å². The Balaban J connectivity index is 1.29. The van der Waals surface area contributed by atoms with Crippen LogP contribution in [0.15, 0.2) is 66.7 Å². The minimum absolute atomic E-state index is 0.250. The van der Waals surface area contributed by atoms with E-state index in [2.05, 4.69) is 21.9 Å². The first-order valence-electron chi connectivity index (χ1n) is 11.2. The third kappa shape index (κ3) is 5.21. The van der Waals surface area contributed by atoms with Crippen LogP contribution >= 0.6 is 0 Å². The van der Waals surface area contributed by atoms with Crippen molar-refractivity contribution in [1.29, 1.82) is 0 Å². The van der Waals surface area contributed by atoms with Crippen LogP contribution in [-0.2, 0) is 4.74 Å². The van der Waals surface area contributed by atoms with Gasteiger partial charge >= 0.3 is 5.97 Å². The Morgan fingerprint density at radius 3 is 2.50 bits per heavy atom. The normalized spacial score (nSPS) is 15.5. The molecule has 1 saturated heterocycles. The molecular weight excluding hydrogens is 404 g/mol. The number of hydrogen-bond donors (Lipinski definition) is 1. The van der Waals surface area contributed by atoms with Crippen molar-refractivity contribution >= 4 is 22.4 Å². The zero-order chi connectivity index (χ0) is 22.3. The molecule has 0 aromatic heterocycles. The minimum atomic E-state index is -0.577. The van der Waals surface area contributed by atoms with Crippen molar-refractivity contribution in [3.63, 3.8) is 0 Å². The number of carbonyl (C=O) groups excluding carboxylic acids is 1. The molecule has 3 aromatic carbocycles. The van der Waals surface area contributed by atoms with Crippen LogP contribution in [0, 0.1) is 0 Å². The highest BCUT2D eigenvalue weighted by Gasteiger charge is 2.23. The molecule has 1 fully saturated rings. The zero-order valence-electron chi connectivity index (χ0n) is 18.4. The van der Waals surface area contributed by atoms with E-state index in [1.165, 1.54) is 0 Å². The standard InChI is InChI=1S/C26H30N2O4/c1-2-31-26(30)23-11-5-6-12-24(23)28-16-14-27(15-17-28)18-21(29)19-32-25-13-7-9-20-8-3-4-10-22(20)25/h3-13,21,29H,2,14-19H2,1H3. The average Bonchev–Trinajstić information content (AvgIpc) is 2.83. The van der Waals surface area contributed by atoms with E-state index in [9.17, 15) is 9.90 Å². The number of benzene rings is 3. The van der Waals surface area contributed by atoms with Crippen LogP contribution in [0.3, 0.4) is 0 Å². The number of ether oxygens (including phenoxy) is 2. The largest absolute Gasteiger partial charge is 0.490 e. The molecule has 0 radical (unpaired) electrons. The number of rotatable bonds is 8. The highest BCUT2D eigenvalue weighted by Crippen LogP contribution is 2.26. The SMILES string of the molecule is CCOC(=O)c1ccccc1N1CCN(CC(O)COc2cccc3ccccc23)CC1. The summed E-state index contributed by atoms with van der Waals surface area (Å²) in [4.78, 5) is 16.7. The van der Waals surface area contributed by atoms with Gasteiger partial charge in [-0.15, -0.1) is 0 Å². The topological polar surface area (TPSA) is 62.2 Å². The van der Waals surface area contributed by atoms with Gasteiger partial charge in [0.1, 0.15) is 18.5 Å². The molecule has 1 heterocycles. The number of esters is 1. The molecule has 4 rings (SSSR count). The van der Waals surface area contributed by atoms with Gasteiger partial charge in [-0.3, -0.25) is 4.90 Å². The lowest BCUT2D eigenvalue weighted by molar-refractivity contribution is 0.0526. The second kappa shape index (κ2) is 10.5. The number of carbonyl (C=O) groups is 1. The van der Waals surface area contributed by atoms with Crippen LogP contribution in [0.5, 0.6) is 5.75 Å². The number of aliphatic hydroxyl groups excluding tert-OH is 1. The molecule has 0 bridgehead atoms. The molecule has 32 heavy (non-hydrogen) atoms. The fourth-order valence-electron chi connectivity index (χ4n) is 4.16. The van der Waals surface area contributed by atoms with Crippen molar-refractivity contribution in [2.45, 2.75) is 13.0 Å². The lowest BCUT2D eigenvalue weighted by Gasteiger charge is -2.37. The van der Waals surface area contributed by atoms with E-state index >= 15 is 0 Å². The predicted octanol–water partition coefficient (Wildman–Crippen LogP) is 3.58. The van der Waals surface area contributed by atoms with Gasteiger partial charge < -0.3 is 19.5 Å². The molecule has 168 valence electrons. The molecule has 0 saturated carbocycles. The summed E-state index contributed by atoms with van der Waals surface area (Å²) in [5, 5.41) is 12.7. The monoisotopic (exact) mass is 434 g/mol. The Labute approximate surface area is 189 Å². The predicted molar refractivity (Wildman–Crippen MR) is 127 cm³/mol. The first kappa shape index (κ1) is 22.1. The average molecular weight is 435 g/mol. The van der Waals surface area contributed by atoms with E-state index in [0.717, 1.165) is 48.4 Å². The Hall–Kier alpha value is -3.09. The number of β-amino-alcohol motifs (C(OH)–C–C–N with tert-alkyl or cyclic N) is 1. The molecule has 3 aromatic rings. The lowest BCUT2D eigenvalue weighted by Crippen LogP contribution is -2.49. The molecule has 0 aliphatic carbocycles. The third-order valence-electron chi connectivity index (χ3n) is 5.76. The smallest absolute Gasteiger partial charge is 0.340 e. The van der Waals surface area contributed by atoms with E-state index in [1.54, 1.807) is 0 Å². The van der Waals surface area contributed by atoms with Crippen LogP contribution in [0.25, 0.3) is 10.8 Å². The number of nitrogens with zero attached hydrogens (tertiary/aromatic N) is 2. The Kier molecular flexibility index (Phi) is 7.24. The molecule has 1 aliphatic rings. The van der Waals surface area contributed by atoms with Crippen molar-refractivity contribution in [3.05, 3.63) is 72.3 Å². The summed E-state index contributed by atoms with van der Waals surface area (Å²) in [5.74, 6) is 0.508. The molecule has 0 spiro atoms. The summed E-state index contributed by atoms with van der Waals surface area (Å²) >= 11 is 0. The maximum atomic E-state index is 12.3. The second-order valence-electron chi connectivity index (χ2n) is 7.97. The molecular formula is C26H30N2O4. The van der Waals surface area contributed by atoms with Crippen LogP contribution in [0.2, 0.25) is 0 Å². The molecule has 1 atom stereocenters. The number of piperazine rings is 1. The third-order valence-corrected chi connectivity index (χ3v) is 5.76. The van der Waals surface area contributed by atoms with Crippen LogP contribution in [0.4, 0.5) is 5.69 Å². The number of hydrogen-bond acceptors (Lipinski definition) is 6. The molecule has 1 aliphatic heterocycles. The number of fused-ring (bicyclic) bond motifs is 1. The van der Waals surface area contributed by atoms with E-state index < -0.39 is 6.10 Å². The maximum absolute atomic E-state index is 12.3. The van der Waals surface area contributed by atoms with Gasteiger partial charge in [-0.25, -0.2) is 4.79 Å². The number of aliphatic hydroxyl groups is 1. The van der Waals surface area contributed by atoms with Crippen LogP contribution in [-0.4, -0.2) is 68.0 Å². The Morgan fingerprint density at radius 1 is 0.969 bits per heavy atom. The van der Waals surface area contributed by atoms with Gasteiger partial charge in [-0.05, 0) is 30.5 Å². The van der Waals surface area contributed by atoms with E-state index in [0.29, 0.717) is 18.7 Å². The van der Waals surface area contributed by atoms with Gasteiger partial charge in [0.15, 0.2) is 0 Å². The molecule has 1 N–H and O–H groups in total. The summed E-state index contributed by atoms with van der Waals surface area (Å²) in [5.41, 5.74) is 1.51. The van der Waals surface area contributed by atoms with E-state index in [-0.39, 0.29) is 12.6 Å². The second-order valence-corrected chi connectivity index (χ2v) is 7.97. The Morgan fingerprint density at radius 2 is 1.69 bits per heavy atom. The van der Waals surface area contributed by atoms with E-state index in [4.69, 9.17) is 9.47 Å². The van der Waals surface area contributed by atoms with Crippen molar-refractivity contribution in [3.8, 4) is 5.75 Å². The first-order chi connectivity index (χ1) is 15.7.